The van der Waals surface area contributed by atoms with Gasteiger partial charge < -0.3 is 14.2 Å². The molecule has 0 aliphatic heterocycles. The maximum Gasteiger partial charge on any atom is 0.306 e. The van der Waals surface area contributed by atoms with Crippen LogP contribution in [0.25, 0.3) is 0 Å². The van der Waals surface area contributed by atoms with Gasteiger partial charge in [-0.3, -0.25) is 14.4 Å². The lowest BCUT2D eigenvalue weighted by Crippen LogP contribution is -2.30. The molecule has 446 valence electrons. The van der Waals surface area contributed by atoms with Crippen molar-refractivity contribution in [3.8, 4) is 0 Å². The molecule has 0 N–H and O–H groups in total. The van der Waals surface area contributed by atoms with Gasteiger partial charge in [-0.2, -0.15) is 0 Å². The molecule has 0 fully saturated rings. The van der Waals surface area contributed by atoms with Gasteiger partial charge in [0.05, 0.1) is 0 Å². The summed E-state index contributed by atoms with van der Waals surface area (Å²) in [6, 6.07) is 0. The zero-order valence-corrected chi connectivity index (χ0v) is 51.1. The van der Waals surface area contributed by atoms with Crippen molar-refractivity contribution in [2.45, 2.75) is 284 Å². The highest BCUT2D eigenvalue weighted by Crippen LogP contribution is 2.15. The number of hydrogen-bond donors (Lipinski definition) is 0. The summed E-state index contributed by atoms with van der Waals surface area (Å²) in [6.07, 6.45) is 94.5. The summed E-state index contributed by atoms with van der Waals surface area (Å²) < 4.78 is 16.8. The molecule has 6 heteroatoms. The van der Waals surface area contributed by atoms with Gasteiger partial charge >= 0.3 is 17.9 Å². The lowest BCUT2D eigenvalue weighted by atomic mass is 10.1. The van der Waals surface area contributed by atoms with Gasteiger partial charge in [0.2, 0.25) is 0 Å². The number of allylic oxidation sites excluding steroid dienone is 24. The van der Waals surface area contributed by atoms with Crippen LogP contribution < -0.4 is 0 Å². The minimum absolute atomic E-state index is 0.0876. The van der Waals surface area contributed by atoms with Crippen molar-refractivity contribution >= 4 is 17.9 Å². The summed E-state index contributed by atoms with van der Waals surface area (Å²) in [7, 11) is 0. The molecule has 0 amide bonds. The highest BCUT2D eigenvalue weighted by molar-refractivity contribution is 5.71. The van der Waals surface area contributed by atoms with Crippen molar-refractivity contribution in [3.63, 3.8) is 0 Å². The molecule has 0 spiro atoms. The van der Waals surface area contributed by atoms with Crippen LogP contribution in [0.15, 0.2) is 146 Å². The van der Waals surface area contributed by atoms with Gasteiger partial charge in [0.1, 0.15) is 13.2 Å². The SMILES string of the molecule is CC/C=C\C/C=C\C/C=C\C/C=C\C/C=C\C/C=C\C/C=C\CCCCCCCCCCCC(=O)OCC(COC(=O)CCCCCCCCC)OC(=O)CCCCCCCCC/C=C\C/C=C\C/C=C\C/C=C\C/C=C\CC. The third kappa shape index (κ3) is 64.0. The van der Waals surface area contributed by atoms with Gasteiger partial charge in [-0.25, -0.2) is 0 Å². The summed E-state index contributed by atoms with van der Waals surface area (Å²) in [6.45, 7) is 6.36. The summed E-state index contributed by atoms with van der Waals surface area (Å²) in [5.74, 6) is -0.912. The van der Waals surface area contributed by atoms with Crippen molar-refractivity contribution in [2.24, 2.45) is 0 Å². The van der Waals surface area contributed by atoms with Crippen LogP contribution in [0.2, 0.25) is 0 Å². The summed E-state index contributed by atoms with van der Waals surface area (Å²) in [4.78, 5) is 38.1. The van der Waals surface area contributed by atoms with E-state index >= 15 is 0 Å². The number of ether oxygens (including phenoxy) is 3. The zero-order valence-electron chi connectivity index (χ0n) is 51.1. The highest BCUT2D eigenvalue weighted by atomic mass is 16.6. The molecule has 0 aromatic heterocycles. The quantitative estimate of drug-likeness (QED) is 0.0261. The van der Waals surface area contributed by atoms with E-state index in [0.717, 1.165) is 148 Å². The Hall–Kier alpha value is -4.71. The average Bonchev–Trinajstić information content (AvgIpc) is 3.45. The number of rotatable bonds is 57. The van der Waals surface area contributed by atoms with Crippen molar-refractivity contribution in [3.05, 3.63) is 146 Å². The Kier molecular flexibility index (Phi) is 61.9. The molecule has 0 aliphatic carbocycles. The zero-order chi connectivity index (χ0) is 57.1. The minimum atomic E-state index is -0.790. The van der Waals surface area contributed by atoms with Gasteiger partial charge in [0, 0.05) is 19.3 Å². The topological polar surface area (TPSA) is 78.9 Å². The Morgan fingerprint density at radius 1 is 0.266 bits per heavy atom. The van der Waals surface area contributed by atoms with Crippen molar-refractivity contribution < 1.29 is 28.6 Å². The lowest BCUT2D eigenvalue weighted by Gasteiger charge is -2.18. The molecule has 1 atom stereocenters. The Bertz CT molecular complexity index is 1730. The number of esters is 3. The first kappa shape index (κ1) is 74.3. The second-order valence-electron chi connectivity index (χ2n) is 20.9. The fraction of sp³-hybridized carbons (Fsp3) is 0.630. The highest BCUT2D eigenvalue weighted by Gasteiger charge is 2.19. The van der Waals surface area contributed by atoms with E-state index in [9.17, 15) is 14.4 Å². The van der Waals surface area contributed by atoms with Crippen molar-refractivity contribution in [1.29, 1.82) is 0 Å². The first-order chi connectivity index (χ1) is 39.0. The van der Waals surface area contributed by atoms with E-state index < -0.39 is 6.10 Å². The molecule has 0 rings (SSSR count). The molecule has 0 saturated heterocycles. The fourth-order valence-electron chi connectivity index (χ4n) is 8.57. The molecular formula is C73H118O6. The number of hydrogen-bond acceptors (Lipinski definition) is 6. The molecular weight excluding hydrogens is 973 g/mol. The Balaban J connectivity index is 4.19. The third-order valence-electron chi connectivity index (χ3n) is 13.3. The van der Waals surface area contributed by atoms with Crippen LogP contribution in [0, 0.1) is 0 Å². The predicted octanol–water partition coefficient (Wildman–Crippen LogP) is 22.3. The first-order valence-corrected chi connectivity index (χ1v) is 32.3. The minimum Gasteiger partial charge on any atom is -0.462 e. The van der Waals surface area contributed by atoms with Crippen LogP contribution >= 0.6 is 0 Å². The standard InChI is InChI=1S/C73H118O6/c1-4-7-10-13-16-18-20-22-24-26-28-30-32-33-34-35-36-37-38-39-41-42-44-46-48-50-52-54-57-60-63-66-72(75)78-69-70(68-77-71(74)65-62-59-56-15-12-9-6-3)79-73(76)67-64-61-58-55-53-51-49-47-45-43-40-31-29-27-25-23-21-19-17-14-11-8-5-2/h7-8,10-11,16-19,22-25,28-31,33-34,36-37,39,41,43,45,70H,4-6,9,12-15,20-21,26-27,32,35,38,40,42,44,46-69H2,1-3H3/b10-7-,11-8-,18-16-,19-17-,24-22-,25-23-,30-28-,31-29-,34-33-,37-36-,41-39-,45-43-. The van der Waals surface area contributed by atoms with Crippen LogP contribution in [0.3, 0.4) is 0 Å². The molecule has 0 radical (unpaired) electrons. The van der Waals surface area contributed by atoms with E-state index in [2.05, 4.69) is 167 Å². The first-order valence-electron chi connectivity index (χ1n) is 32.3. The van der Waals surface area contributed by atoms with E-state index in [1.807, 2.05) is 0 Å². The largest absolute Gasteiger partial charge is 0.462 e. The molecule has 6 nitrogen and oxygen atoms in total. The molecule has 0 aliphatic rings. The smallest absolute Gasteiger partial charge is 0.306 e. The predicted molar refractivity (Wildman–Crippen MR) is 343 cm³/mol. The Labute approximate surface area is 487 Å². The van der Waals surface area contributed by atoms with E-state index in [1.54, 1.807) is 0 Å². The molecule has 0 aromatic rings. The summed E-state index contributed by atoms with van der Waals surface area (Å²) in [5.41, 5.74) is 0. The van der Waals surface area contributed by atoms with Crippen LogP contribution in [-0.4, -0.2) is 37.2 Å². The van der Waals surface area contributed by atoms with Crippen molar-refractivity contribution in [2.75, 3.05) is 13.2 Å². The number of carbonyl (C=O) groups is 3. The normalized spacial score (nSPS) is 13.1. The maximum absolute atomic E-state index is 12.9. The molecule has 1 unspecified atom stereocenters. The Morgan fingerprint density at radius 2 is 0.494 bits per heavy atom. The van der Waals surface area contributed by atoms with Crippen molar-refractivity contribution in [1.82, 2.24) is 0 Å². The van der Waals surface area contributed by atoms with E-state index in [-0.39, 0.29) is 31.1 Å². The average molecular weight is 1090 g/mol. The molecule has 79 heavy (non-hydrogen) atoms. The number of unbranched alkanes of at least 4 members (excludes halogenated alkanes) is 22. The molecule has 0 bridgehead atoms. The molecule has 0 saturated carbocycles. The summed E-state index contributed by atoms with van der Waals surface area (Å²) >= 11 is 0. The van der Waals surface area contributed by atoms with Gasteiger partial charge in [-0.15, -0.1) is 0 Å². The van der Waals surface area contributed by atoms with Crippen LogP contribution in [-0.2, 0) is 28.6 Å². The third-order valence-corrected chi connectivity index (χ3v) is 13.3. The monoisotopic (exact) mass is 1090 g/mol. The summed E-state index contributed by atoms with van der Waals surface area (Å²) in [5, 5.41) is 0. The van der Waals surface area contributed by atoms with E-state index in [0.29, 0.717) is 19.3 Å². The van der Waals surface area contributed by atoms with E-state index in [1.165, 1.54) is 89.9 Å². The van der Waals surface area contributed by atoms with Gasteiger partial charge in [0.25, 0.3) is 0 Å². The fourth-order valence-corrected chi connectivity index (χ4v) is 8.57. The second-order valence-corrected chi connectivity index (χ2v) is 20.9. The second kappa shape index (κ2) is 65.8. The van der Waals surface area contributed by atoms with Crippen LogP contribution in [0.1, 0.15) is 278 Å². The van der Waals surface area contributed by atoms with E-state index in [4.69, 9.17) is 14.2 Å². The number of carbonyl (C=O) groups excluding carboxylic acids is 3. The van der Waals surface area contributed by atoms with Crippen LogP contribution in [0.4, 0.5) is 0 Å². The van der Waals surface area contributed by atoms with Gasteiger partial charge in [-0.1, -0.05) is 282 Å². The lowest BCUT2D eigenvalue weighted by molar-refractivity contribution is -0.167. The maximum atomic E-state index is 12.9. The molecule has 0 heterocycles. The van der Waals surface area contributed by atoms with Gasteiger partial charge in [0.15, 0.2) is 6.10 Å². The van der Waals surface area contributed by atoms with Gasteiger partial charge in [-0.05, 0) is 122 Å². The van der Waals surface area contributed by atoms with Crippen LogP contribution in [0.5, 0.6) is 0 Å². The Morgan fingerprint density at radius 3 is 0.772 bits per heavy atom. The molecule has 0 aromatic carbocycles.